The van der Waals surface area contributed by atoms with Crippen LogP contribution >= 0.6 is 0 Å². The molecule has 136 valence electrons. The Balaban J connectivity index is 2.84. The van der Waals surface area contributed by atoms with Crippen molar-refractivity contribution in [2.45, 2.75) is 31.4 Å². The number of carbonyl (C=O) groups is 1. The fourth-order valence-corrected chi connectivity index (χ4v) is 2.33. The van der Waals surface area contributed by atoms with Crippen molar-refractivity contribution in [3.05, 3.63) is 29.8 Å². The highest BCUT2D eigenvalue weighted by atomic mass is 32.2. The average Bonchev–Trinajstić information content (AvgIpc) is 2.51. The molecule has 1 rings (SSSR count). The van der Waals surface area contributed by atoms with Crippen molar-refractivity contribution in [2.24, 2.45) is 0 Å². The van der Waals surface area contributed by atoms with E-state index in [1.54, 1.807) is 24.3 Å². The van der Waals surface area contributed by atoms with Gasteiger partial charge in [0.25, 0.3) is 0 Å². The molecule has 0 amide bonds. The molecule has 10 heteroatoms. The highest BCUT2D eigenvalue weighted by Crippen LogP contribution is 2.27. The number of halogens is 3. The average molecular weight is 370 g/mol. The minimum absolute atomic E-state index is 0.112. The van der Waals surface area contributed by atoms with Gasteiger partial charge in [-0.2, -0.15) is 21.6 Å². The molecule has 0 heterocycles. The normalized spacial score (nSPS) is 13.4. The van der Waals surface area contributed by atoms with E-state index in [1.807, 2.05) is 0 Å². The van der Waals surface area contributed by atoms with Crippen molar-refractivity contribution in [1.82, 2.24) is 0 Å². The molecule has 1 aromatic rings. The zero-order valence-electron chi connectivity index (χ0n) is 13.0. The fourth-order valence-electron chi connectivity index (χ4n) is 1.74. The molecule has 1 aromatic carbocycles. The predicted molar refractivity (Wildman–Crippen MR) is 77.8 cm³/mol. The molecule has 1 atom stereocenters. The molecular weight excluding hydrogens is 353 g/mol. The smallest absolute Gasteiger partial charge is 0.497 e. The van der Waals surface area contributed by atoms with Crippen LogP contribution in [0.4, 0.5) is 13.2 Å². The standard InChI is InChI=1S/C14H17F3O6S/c1-3-22-13(18)12(23-24(19,20)14(15,16)17)9-6-10-4-7-11(21-2)8-5-10/h4-5,7-8,12H,3,6,9H2,1-2H3. The van der Waals surface area contributed by atoms with Crippen LogP contribution in [-0.4, -0.2) is 39.7 Å². The van der Waals surface area contributed by atoms with Crippen LogP contribution in [-0.2, 0) is 30.3 Å². The van der Waals surface area contributed by atoms with Gasteiger partial charge in [-0.1, -0.05) is 12.1 Å². The van der Waals surface area contributed by atoms with E-state index in [0.717, 1.165) is 0 Å². The zero-order chi connectivity index (χ0) is 18.4. The van der Waals surface area contributed by atoms with Crippen molar-refractivity contribution in [3.8, 4) is 5.75 Å². The lowest BCUT2D eigenvalue weighted by Crippen LogP contribution is -2.35. The van der Waals surface area contributed by atoms with E-state index in [4.69, 9.17) is 4.74 Å². The van der Waals surface area contributed by atoms with E-state index in [0.29, 0.717) is 11.3 Å². The molecule has 0 aliphatic heterocycles. The van der Waals surface area contributed by atoms with Gasteiger partial charge in [0.1, 0.15) is 5.75 Å². The summed E-state index contributed by atoms with van der Waals surface area (Å²) in [6.45, 7) is 1.32. The van der Waals surface area contributed by atoms with Gasteiger partial charge >= 0.3 is 21.6 Å². The summed E-state index contributed by atoms with van der Waals surface area (Å²) in [5.74, 6) is -0.588. The largest absolute Gasteiger partial charge is 0.523 e. The maximum Gasteiger partial charge on any atom is 0.523 e. The molecule has 0 radical (unpaired) electrons. The summed E-state index contributed by atoms with van der Waals surface area (Å²) < 4.78 is 73.0. The fraction of sp³-hybridized carbons (Fsp3) is 0.500. The summed E-state index contributed by atoms with van der Waals surface area (Å²) in [5, 5.41) is 0. The lowest BCUT2D eigenvalue weighted by atomic mass is 10.1. The first-order valence-corrected chi connectivity index (χ1v) is 8.30. The van der Waals surface area contributed by atoms with Gasteiger partial charge in [0.2, 0.25) is 0 Å². The Kier molecular flexibility index (Phi) is 7.03. The lowest BCUT2D eigenvalue weighted by molar-refractivity contribution is -0.152. The molecular formula is C14H17F3O6S. The predicted octanol–water partition coefficient (Wildman–Crippen LogP) is 2.43. The van der Waals surface area contributed by atoms with Crippen LogP contribution in [0.25, 0.3) is 0 Å². The quantitative estimate of drug-likeness (QED) is 0.397. The molecule has 0 saturated carbocycles. The molecule has 0 saturated heterocycles. The topological polar surface area (TPSA) is 78.9 Å². The van der Waals surface area contributed by atoms with Crippen LogP contribution in [0.15, 0.2) is 24.3 Å². The second-order valence-electron chi connectivity index (χ2n) is 4.62. The highest BCUT2D eigenvalue weighted by molar-refractivity contribution is 7.87. The van der Waals surface area contributed by atoms with Gasteiger partial charge in [-0.05, 0) is 37.5 Å². The third-order valence-electron chi connectivity index (χ3n) is 2.93. The van der Waals surface area contributed by atoms with Gasteiger partial charge in [-0.25, -0.2) is 8.98 Å². The zero-order valence-corrected chi connectivity index (χ0v) is 13.8. The number of benzene rings is 1. The summed E-state index contributed by atoms with van der Waals surface area (Å²) in [7, 11) is -4.42. The summed E-state index contributed by atoms with van der Waals surface area (Å²) >= 11 is 0. The van der Waals surface area contributed by atoms with E-state index in [1.165, 1.54) is 14.0 Å². The Labute approximate surface area is 137 Å². The Morgan fingerprint density at radius 3 is 2.25 bits per heavy atom. The molecule has 6 nitrogen and oxygen atoms in total. The molecule has 0 spiro atoms. The van der Waals surface area contributed by atoms with Gasteiger partial charge in [-0.15, -0.1) is 0 Å². The Bertz CT molecular complexity index is 639. The number of esters is 1. The molecule has 1 unspecified atom stereocenters. The van der Waals surface area contributed by atoms with Crippen molar-refractivity contribution in [3.63, 3.8) is 0 Å². The molecule has 0 aliphatic carbocycles. The van der Waals surface area contributed by atoms with Gasteiger partial charge in [0.15, 0.2) is 6.10 Å². The molecule has 0 bridgehead atoms. The Hall–Kier alpha value is -1.81. The van der Waals surface area contributed by atoms with E-state index in [2.05, 4.69) is 8.92 Å². The molecule has 0 N–H and O–H groups in total. The molecule has 0 aliphatic rings. The van der Waals surface area contributed by atoms with Crippen LogP contribution < -0.4 is 4.74 Å². The number of ether oxygens (including phenoxy) is 2. The van der Waals surface area contributed by atoms with Crippen LogP contribution in [0.1, 0.15) is 18.9 Å². The van der Waals surface area contributed by atoms with E-state index in [9.17, 15) is 26.4 Å². The second kappa shape index (κ2) is 8.34. The number of hydrogen-bond donors (Lipinski definition) is 0. The summed E-state index contributed by atoms with van der Waals surface area (Å²) in [4.78, 5) is 11.7. The second-order valence-corrected chi connectivity index (χ2v) is 6.19. The maximum absolute atomic E-state index is 12.4. The minimum Gasteiger partial charge on any atom is -0.497 e. The highest BCUT2D eigenvalue weighted by Gasteiger charge is 2.49. The van der Waals surface area contributed by atoms with Gasteiger partial charge in [-0.3, -0.25) is 0 Å². The van der Waals surface area contributed by atoms with Crippen LogP contribution in [0.5, 0.6) is 5.75 Å². The molecule has 0 aromatic heterocycles. The van der Waals surface area contributed by atoms with Crippen LogP contribution in [0.2, 0.25) is 0 Å². The number of hydrogen-bond acceptors (Lipinski definition) is 6. The number of rotatable bonds is 8. The van der Waals surface area contributed by atoms with Gasteiger partial charge < -0.3 is 9.47 Å². The number of aryl methyl sites for hydroxylation is 1. The Morgan fingerprint density at radius 1 is 1.21 bits per heavy atom. The third-order valence-corrected chi connectivity index (χ3v) is 3.98. The van der Waals surface area contributed by atoms with E-state index < -0.39 is 27.7 Å². The summed E-state index contributed by atoms with van der Waals surface area (Å²) in [6, 6.07) is 6.53. The summed E-state index contributed by atoms with van der Waals surface area (Å²) in [6.07, 6.45) is -2.06. The van der Waals surface area contributed by atoms with Crippen molar-refractivity contribution in [2.75, 3.05) is 13.7 Å². The first kappa shape index (κ1) is 20.2. The molecule has 24 heavy (non-hydrogen) atoms. The first-order valence-electron chi connectivity index (χ1n) is 6.90. The van der Waals surface area contributed by atoms with Crippen LogP contribution in [0, 0.1) is 0 Å². The first-order chi connectivity index (χ1) is 11.1. The third kappa shape index (κ3) is 5.68. The van der Waals surface area contributed by atoms with Gasteiger partial charge in [0.05, 0.1) is 13.7 Å². The van der Waals surface area contributed by atoms with Crippen LogP contribution in [0.3, 0.4) is 0 Å². The minimum atomic E-state index is -5.90. The lowest BCUT2D eigenvalue weighted by Gasteiger charge is -2.17. The van der Waals surface area contributed by atoms with E-state index in [-0.39, 0.29) is 19.4 Å². The van der Waals surface area contributed by atoms with Crippen molar-refractivity contribution < 1.29 is 40.0 Å². The SMILES string of the molecule is CCOC(=O)C(CCc1ccc(OC)cc1)OS(=O)(=O)C(F)(F)F. The number of carbonyl (C=O) groups excluding carboxylic acids is 1. The van der Waals surface area contributed by atoms with Gasteiger partial charge in [0, 0.05) is 0 Å². The maximum atomic E-state index is 12.4. The summed E-state index contributed by atoms with van der Waals surface area (Å²) in [5.41, 5.74) is -4.95. The molecule has 0 fully saturated rings. The monoisotopic (exact) mass is 370 g/mol. The number of methoxy groups -OCH3 is 1. The Morgan fingerprint density at radius 2 is 1.79 bits per heavy atom. The van der Waals surface area contributed by atoms with E-state index >= 15 is 0 Å². The number of alkyl halides is 3. The van der Waals surface area contributed by atoms with Crippen molar-refractivity contribution in [1.29, 1.82) is 0 Å². The van der Waals surface area contributed by atoms with Crippen molar-refractivity contribution >= 4 is 16.1 Å².